The molecule has 4 heteroatoms. The van der Waals surface area contributed by atoms with Crippen LogP contribution in [0.2, 0.25) is 0 Å². The molecular weight excluding hydrogens is 978 g/mol. The maximum absolute atomic E-state index is 4.01. The van der Waals surface area contributed by atoms with Crippen LogP contribution >= 0.6 is 0 Å². The van der Waals surface area contributed by atoms with Gasteiger partial charge in [-0.1, -0.05) is 207 Å². The van der Waals surface area contributed by atoms with E-state index < -0.39 is 0 Å². The van der Waals surface area contributed by atoms with Crippen LogP contribution in [0.25, 0.3) is 44.5 Å². The number of aryl methyl sites for hydroxylation is 2. The molecule has 3 aliphatic heterocycles. The Balaban J connectivity index is 1.08. The summed E-state index contributed by atoms with van der Waals surface area (Å²) in [6.07, 6.45) is 5.63. The molecule has 9 aromatic rings. The van der Waals surface area contributed by atoms with E-state index in [0.717, 1.165) is 42.0 Å². The molecule has 9 aromatic carbocycles. The van der Waals surface area contributed by atoms with E-state index in [9.17, 15) is 0 Å². The van der Waals surface area contributed by atoms with Crippen LogP contribution in [-0.4, -0.2) is 6.85 Å². The molecule has 6 aliphatic rings. The molecule has 0 saturated heterocycles. The first-order chi connectivity index (χ1) is 39.0. The Morgan fingerprint density at radius 1 is 0.481 bits per heavy atom. The van der Waals surface area contributed by atoms with Crippen LogP contribution in [0.3, 0.4) is 0 Å². The summed E-state index contributed by atoms with van der Waals surface area (Å²) in [6, 6.07) is 71.4. The molecule has 15 rings (SSSR count). The highest BCUT2D eigenvalue weighted by atomic mass is 15.2. The number of fused-ring (bicyclic) bond motifs is 10. The van der Waals surface area contributed by atoms with Gasteiger partial charge < -0.3 is 14.6 Å². The molecule has 0 atom stereocenters. The minimum Gasteiger partial charge on any atom is -0.369 e. The monoisotopic (exact) mass is 1050 g/mol. The Hall–Kier alpha value is -8.52. The Morgan fingerprint density at radius 3 is 1.77 bits per heavy atom. The number of hydrogen-bond donors (Lipinski definition) is 0. The van der Waals surface area contributed by atoms with E-state index in [1.165, 1.54) is 123 Å². The summed E-state index contributed by atoms with van der Waals surface area (Å²) < 4.78 is 0. The zero-order valence-electron chi connectivity index (χ0n) is 48.5. The lowest BCUT2D eigenvalue weighted by Gasteiger charge is -2.51. The maximum atomic E-state index is 4.01. The summed E-state index contributed by atoms with van der Waals surface area (Å²) in [4.78, 5) is 7.99. The number of rotatable bonds is 6. The van der Waals surface area contributed by atoms with Crippen LogP contribution in [0.4, 0.5) is 39.8 Å². The van der Waals surface area contributed by atoms with Gasteiger partial charge in [-0.3, -0.25) is 0 Å². The van der Waals surface area contributed by atoms with Crippen molar-refractivity contribution in [1.82, 2.24) is 0 Å². The molecule has 0 saturated carbocycles. The minimum atomic E-state index is -0.280. The highest BCUT2D eigenvalue weighted by Gasteiger charge is 2.52. The Kier molecular flexibility index (Phi) is 10.7. The number of anilines is 7. The van der Waals surface area contributed by atoms with Gasteiger partial charge >= 0.3 is 6.85 Å². The zero-order chi connectivity index (χ0) is 55.5. The van der Waals surface area contributed by atoms with Gasteiger partial charge in [-0.25, -0.2) is 0 Å². The first-order valence-electron chi connectivity index (χ1n) is 29.4. The van der Waals surface area contributed by atoms with Crippen LogP contribution in [0.15, 0.2) is 211 Å². The molecule has 0 radical (unpaired) electrons. The number of para-hydroxylation sites is 2. The van der Waals surface area contributed by atoms with E-state index in [1.807, 2.05) is 0 Å². The summed E-state index contributed by atoms with van der Waals surface area (Å²) in [6.45, 7) is 23.9. The van der Waals surface area contributed by atoms with Crippen molar-refractivity contribution in [2.45, 2.75) is 99.3 Å². The van der Waals surface area contributed by atoms with E-state index >= 15 is 0 Å². The van der Waals surface area contributed by atoms with E-state index in [2.05, 4.69) is 290 Å². The van der Waals surface area contributed by atoms with Crippen molar-refractivity contribution in [3.05, 3.63) is 244 Å². The van der Waals surface area contributed by atoms with Gasteiger partial charge in [-0.2, -0.15) is 0 Å². The average Bonchev–Trinajstić information content (AvgIpc) is 2.13. The van der Waals surface area contributed by atoms with Crippen molar-refractivity contribution in [2.75, 3.05) is 14.6 Å². The molecule has 3 nitrogen and oxygen atoms in total. The van der Waals surface area contributed by atoms with Gasteiger partial charge in [0.05, 0.1) is 11.4 Å². The SMILES string of the molecule is Cc1cc(-c2ccccc2)ccc1N(c1cc2c3c(c1)N1c4ccccc4C(C)(C)c4cccc(c41)B3N(C1=CC3=C(CC#C1)C(C)(C)CCC3(C)C)c1c-2ccc2c1-c1ccccc1C2(C)C)c1ccc(-c2ccccc2)cc1C. The summed E-state index contributed by atoms with van der Waals surface area (Å²) in [7, 11) is 0. The second-order valence-corrected chi connectivity index (χ2v) is 26.2. The molecule has 0 amide bonds. The lowest BCUT2D eigenvalue weighted by molar-refractivity contribution is 0.264. The Bertz CT molecular complexity index is 4220. The normalized spacial score (nSPS) is 17.5. The van der Waals surface area contributed by atoms with Crippen molar-refractivity contribution in [2.24, 2.45) is 10.8 Å². The second kappa shape index (κ2) is 17.5. The topological polar surface area (TPSA) is 9.72 Å². The Morgan fingerprint density at radius 2 is 1.09 bits per heavy atom. The zero-order valence-corrected chi connectivity index (χ0v) is 48.5. The summed E-state index contributed by atoms with van der Waals surface area (Å²) >= 11 is 0. The fourth-order valence-corrected chi connectivity index (χ4v) is 15.4. The molecule has 3 heterocycles. The van der Waals surface area contributed by atoms with Gasteiger partial charge in [0.25, 0.3) is 0 Å². The first-order valence-corrected chi connectivity index (χ1v) is 29.4. The van der Waals surface area contributed by atoms with Gasteiger partial charge in [-0.15, -0.1) is 0 Å². The lowest BCUT2D eigenvalue weighted by Crippen LogP contribution is -2.63. The second-order valence-electron chi connectivity index (χ2n) is 26.2. The van der Waals surface area contributed by atoms with Gasteiger partial charge in [0.2, 0.25) is 0 Å². The molecule has 0 fully saturated rings. The number of hydrogen-bond acceptors (Lipinski definition) is 3. The van der Waals surface area contributed by atoms with Crippen LogP contribution in [0.5, 0.6) is 0 Å². The van der Waals surface area contributed by atoms with Crippen molar-refractivity contribution in [3.8, 4) is 56.3 Å². The summed E-state index contributed by atoms with van der Waals surface area (Å²) in [5, 5.41) is 0. The maximum Gasteiger partial charge on any atom is 0.333 e. The van der Waals surface area contributed by atoms with Crippen LogP contribution in [0.1, 0.15) is 108 Å². The molecule has 81 heavy (non-hydrogen) atoms. The molecule has 3 aliphatic carbocycles. The number of allylic oxidation sites excluding steroid dienone is 4. The lowest BCUT2D eigenvalue weighted by atomic mass is 9.42. The fourth-order valence-electron chi connectivity index (χ4n) is 15.4. The van der Waals surface area contributed by atoms with Crippen LogP contribution in [0, 0.1) is 36.5 Å². The molecule has 0 N–H and O–H groups in total. The molecular formula is C77H68BN3. The Labute approximate surface area is 480 Å². The highest BCUT2D eigenvalue weighted by Crippen LogP contribution is 2.61. The first kappa shape index (κ1) is 49.5. The van der Waals surface area contributed by atoms with Gasteiger partial charge in [-0.05, 0) is 181 Å². The molecule has 0 bridgehead atoms. The van der Waals surface area contributed by atoms with Gasteiger partial charge in [0, 0.05) is 62.5 Å². The van der Waals surface area contributed by atoms with Crippen molar-refractivity contribution in [1.29, 1.82) is 0 Å². The average molecular weight is 1050 g/mol. The predicted molar refractivity (Wildman–Crippen MR) is 343 cm³/mol. The molecule has 0 unspecified atom stereocenters. The summed E-state index contributed by atoms with van der Waals surface area (Å²) in [5.41, 5.74) is 32.3. The number of benzene rings is 9. The fraction of sp³-hybridized carbons (Fsp3) is 0.221. The number of nitrogens with zero attached hydrogens (tertiary/aromatic N) is 3. The quantitative estimate of drug-likeness (QED) is 0.121. The van der Waals surface area contributed by atoms with E-state index in [0.29, 0.717) is 0 Å². The van der Waals surface area contributed by atoms with E-state index in [-0.39, 0.29) is 28.5 Å². The molecule has 394 valence electrons. The molecule has 0 aromatic heterocycles. The van der Waals surface area contributed by atoms with Gasteiger partial charge in [0.1, 0.15) is 0 Å². The highest BCUT2D eigenvalue weighted by molar-refractivity contribution is 6.93. The summed E-state index contributed by atoms with van der Waals surface area (Å²) in [5.74, 6) is 7.89. The van der Waals surface area contributed by atoms with Crippen LogP contribution < -0.4 is 25.5 Å². The molecule has 0 spiro atoms. The largest absolute Gasteiger partial charge is 0.369 e. The third-order valence-electron chi connectivity index (χ3n) is 19.9. The minimum absolute atomic E-state index is 0.0189. The van der Waals surface area contributed by atoms with Crippen molar-refractivity contribution < 1.29 is 0 Å². The van der Waals surface area contributed by atoms with E-state index in [1.54, 1.807) is 0 Å². The predicted octanol–water partition coefficient (Wildman–Crippen LogP) is 18.9. The van der Waals surface area contributed by atoms with E-state index in [4.69, 9.17) is 0 Å². The van der Waals surface area contributed by atoms with Crippen molar-refractivity contribution in [3.63, 3.8) is 0 Å². The standard InChI is InChI=1S/C77H68BN3/c1-48-43-52(50-23-13-11-14-24-50)35-39-66(48)79(67-40-36-53(44-49(67)2)51-25-15-12-16-26-51)55-45-58-56-37-38-62-70(57-28-17-18-29-59(57)76(62,7)8)72(56)81(54-27-21-31-60-64(46-54)75(5,6)42-41-74(60,3)4)78-65-33-22-32-63-73(65)80(69(47-55)71(58)78)68-34-20-19-30-61(68)77(63,9)10/h11-20,22-26,28-30,32-40,43-47H,31,41-42H2,1-10H3. The third kappa shape index (κ3) is 7.16. The van der Waals surface area contributed by atoms with Crippen LogP contribution in [-0.2, 0) is 10.8 Å². The smallest absolute Gasteiger partial charge is 0.333 e. The third-order valence-corrected chi connectivity index (χ3v) is 19.9. The van der Waals surface area contributed by atoms with Crippen molar-refractivity contribution >= 4 is 57.6 Å². The van der Waals surface area contributed by atoms with Gasteiger partial charge in [0.15, 0.2) is 0 Å².